The lowest BCUT2D eigenvalue weighted by Gasteiger charge is -2.11. The summed E-state index contributed by atoms with van der Waals surface area (Å²) >= 11 is 1.91. The smallest absolute Gasteiger partial charge is 0.203 e. The molecule has 4 heteroatoms. The summed E-state index contributed by atoms with van der Waals surface area (Å²) in [7, 11) is 0. The topological polar surface area (TPSA) is 29.9 Å². The van der Waals surface area contributed by atoms with E-state index >= 15 is 0 Å². The van der Waals surface area contributed by atoms with Crippen molar-refractivity contribution < 1.29 is 0 Å². The van der Waals surface area contributed by atoms with Gasteiger partial charge < -0.3 is 9.88 Å². The van der Waals surface area contributed by atoms with Crippen LogP contribution >= 0.6 is 11.8 Å². The van der Waals surface area contributed by atoms with Crippen molar-refractivity contribution in [2.45, 2.75) is 45.4 Å². The van der Waals surface area contributed by atoms with Crippen LogP contribution in [0.4, 0.5) is 5.95 Å². The minimum atomic E-state index is 0.711. The monoisotopic (exact) mass is 241 g/mol. The second-order valence-corrected chi connectivity index (χ2v) is 5.44. The maximum atomic E-state index is 4.50. The highest BCUT2D eigenvalue weighted by atomic mass is 32.2. The van der Waals surface area contributed by atoms with Crippen LogP contribution in [0.25, 0.3) is 0 Å². The number of aromatic nitrogens is 2. The van der Waals surface area contributed by atoms with Gasteiger partial charge in [0, 0.05) is 24.5 Å². The highest BCUT2D eigenvalue weighted by Crippen LogP contribution is 2.12. The molecule has 0 fully saturated rings. The molecule has 0 aromatic carbocycles. The van der Waals surface area contributed by atoms with E-state index in [4.69, 9.17) is 0 Å². The first-order valence-electron chi connectivity index (χ1n) is 5.97. The average molecular weight is 241 g/mol. The maximum Gasteiger partial charge on any atom is 0.203 e. The van der Waals surface area contributed by atoms with E-state index < -0.39 is 0 Å². The van der Waals surface area contributed by atoms with Gasteiger partial charge in [-0.05, 0) is 26.0 Å². The third-order valence-corrected chi connectivity index (χ3v) is 3.64. The molecular formula is C12H23N3S. The molecule has 1 aromatic heterocycles. The summed E-state index contributed by atoms with van der Waals surface area (Å²) in [6.07, 6.45) is 6.60. The fraction of sp³-hybridized carbons (Fsp3) is 0.750. The van der Waals surface area contributed by atoms with Gasteiger partial charge in [0.1, 0.15) is 0 Å². The van der Waals surface area contributed by atoms with Crippen LogP contribution in [0.2, 0.25) is 0 Å². The van der Waals surface area contributed by atoms with E-state index in [1.807, 2.05) is 18.7 Å². The van der Waals surface area contributed by atoms with Crippen LogP contribution < -0.4 is 5.32 Å². The van der Waals surface area contributed by atoms with E-state index in [1.165, 1.54) is 6.42 Å². The number of aryl methyl sites for hydroxylation is 2. The van der Waals surface area contributed by atoms with Gasteiger partial charge in [0.25, 0.3) is 0 Å². The summed E-state index contributed by atoms with van der Waals surface area (Å²) < 4.78 is 2.21. The Bertz CT molecular complexity index is 309. The number of thioether (sulfide) groups is 1. The zero-order valence-electron chi connectivity index (χ0n) is 10.8. The van der Waals surface area contributed by atoms with Crippen LogP contribution in [-0.4, -0.2) is 27.6 Å². The Morgan fingerprint density at radius 3 is 2.94 bits per heavy atom. The number of anilines is 1. The highest BCUT2D eigenvalue weighted by Gasteiger charge is 2.05. The normalized spacial score (nSPS) is 12.8. The lowest BCUT2D eigenvalue weighted by molar-refractivity contribution is 0.679. The predicted octanol–water partition coefficient (Wildman–Crippen LogP) is 3.16. The van der Waals surface area contributed by atoms with Gasteiger partial charge in [0.05, 0.1) is 5.69 Å². The van der Waals surface area contributed by atoms with Crippen LogP contribution in [0.1, 0.15) is 32.4 Å². The van der Waals surface area contributed by atoms with E-state index in [1.54, 1.807) is 0 Å². The van der Waals surface area contributed by atoms with E-state index in [9.17, 15) is 0 Å². The van der Waals surface area contributed by atoms with Crippen molar-refractivity contribution >= 4 is 17.7 Å². The maximum absolute atomic E-state index is 4.50. The molecule has 0 saturated carbocycles. The Balaban J connectivity index is 2.46. The Morgan fingerprint density at radius 2 is 2.31 bits per heavy atom. The van der Waals surface area contributed by atoms with Gasteiger partial charge in [-0.15, -0.1) is 0 Å². The number of hydrogen-bond donors (Lipinski definition) is 1. The van der Waals surface area contributed by atoms with Gasteiger partial charge in [0.15, 0.2) is 0 Å². The molecule has 1 rings (SSSR count). The standard InChI is InChI=1S/C12H23N3S/c1-5-8-15-9-10(2)14-12(15)13-7-6-11(3)16-4/h9,11H,5-8H2,1-4H3,(H,13,14). The lowest BCUT2D eigenvalue weighted by Crippen LogP contribution is -2.11. The van der Waals surface area contributed by atoms with Gasteiger partial charge in [0.2, 0.25) is 5.95 Å². The second kappa shape index (κ2) is 6.84. The van der Waals surface area contributed by atoms with Crippen LogP contribution in [-0.2, 0) is 6.54 Å². The highest BCUT2D eigenvalue weighted by molar-refractivity contribution is 7.99. The zero-order valence-corrected chi connectivity index (χ0v) is 11.6. The molecule has 0 bridgehead atoms. The first-order chi connectivity index (χ1) is 7.67. The molecule has 1 unspecified atom stereocenters. The van der Waals surface area contributed by atoms with Crippen molar-refractivity contribution in [3.63, 3.8) is 0 Å². The van der Waals surface area contributed by atoms with Gasteiger partial charge in [-0.25, -0.2) is 4.98 Å². The van der Waals surface area contributed by atoms with Crippen molar-refractivity contribution in [2.24, 2.45) is 0 Å². The third kappa shape index (κ3) is 4.08. The summed E-state index contributed by atoms with van der Waals surface area (Å²) in [5, 5.41) is 4.13. The first-order valence-corrected chi connectivity index (χ1v) is 7.26. The molecule has 0 saturated heterocycles. The Labute approximate surface area is 103 Å². The zero-order chi connectivity index (χ0) is 12.0. The Morgan fingerprint density at radius 1 is 1.56 bits per heavy atom. The van der Waals surface area contributed by atoms with Crippen molar-refractivity contribution in [1.82, 2.24) is 9.55 Å². The van der Waals surface area contributed by atoms with Gasteiger partial charge in [-0.1, -0.05) is 13.8 Å². The van der Waals surface area contributed by atoms with Crippen LogP contribution in [0, 0.1) is 6.92 Å². The number of nitrogens with zero attached hydrogens (tertiary/aromatic N) is 2. The van der Waals surface area contributed by atoms with Gasteiger partial charge in [-0.2, -0.15) is 11.8 Å². The number of hydrogen-bond acceptors (Lipinski definition) is 3. The summed E-state index contributed by atoms with van der Waals surface area (Å²) in [5.41, 5.74) is 1.09. The number of rotatable bonds is 7. The fourth-order valence-electron chi connectivity index (χ4n) is 1.60. The van der Waals surface area contributed by atoms with Crippen LogP contribution in [0.5, 0.6) is 0 Å². The molecule has 0 aliphatic heterocycles. The van der Waals surface area contributed by atoms with Crippen LogP contribution in [0.3, 0.4) is 0 Å². The summed E-state index contributed by atoms with van der Waals surface area (Å²) in [6, 6.07) is 0. The van der Waals surface area contributed by atoms with Crippen LogP contribution in [0.15, 0.2) is 6.20 Å². The molecule has 0 spiro atoms. The fourth-order valence-corrected chi connectivity index (χ4v) is 1.96. The SMILES string of the molecule is CCCn1cc(C)nc1NCCC(C)SC. The minimum Gasteiger partial charge on any atom is -0.356 e. The van der Waals surface area contributed by atoms with E-state index in [-0.39, 0.29) is 0 Å². The molecule has 0 aliphatic carbocycles. The largest absolute Gasteiger partial charge is 0.356 e. The Hall–Kier alpha value is -0.640. The van der Waals surface area contributed by atoms with Crippen molar-refractivity contribution in [1.29, 1.82) is 0 Å². The first kappa shape index (κ1) is 13.4. The van der Waals surface area contributed by atoms with Crippen molar-refractivity contribution in [3.05, 3.63) is 11.9 Å². The molecule has 0 aliphatic rings. The number of imidazole rings is 1. The Kier molecular flexibility index (Phi) is 5.74. The summed E-state index contributed by atoms with van der Waals surface area (Å²) in [6.45, 7) is 8.54. The predicted molar refractivity (Wildman–Crippen MR) is 73.3 cm³/mol. The van der Waals surface area contributed by atoms with E-state index in [0.29, 0.717) is 5.25 Å². The second-order valence-electron chi connectivity index (χ2n) is 4.16. The molecule has 16 heavy (non-hydrogen) atoms. The molecule has 92 valence electrons. The lowest BCUT2D eigenvalue weighted by atomic mass is 10.3. The molecule has 0 amide bonds. The molecule has 1 atom stereocenters. The third-order valence-electron chi connectivity index (χ3n) is 2.60. The quantitative estimate of drug-likeness (QED) is 0.795. The summed E-state index contributed by atoms with van der Waals surface area (Å²) in [4.78, 5) is 4.50. The van der Waals surface area contributed by atoms with E-state index in [0.717, 1.165) is 31.2 Å². The van der Waals surface area contributed by atoms with Gasteiger partial charge in [-0.3, -0.25) is 0 Å². The molecule has 1 aromatic rings. The van der Waals surface area contributed by atoms with Gasteiger partial charge >= 0.3 is 0 Å². The van der Waals surface area contributed by atoms with Crippen molar-refractivity contribution in [3.8, 4) is 0 Å². The molecular weight excluding hydrogens is 218 g/mol. The summed E-state index contributed by atoms with van der Waals surface area (Å²) in [5.74, 6) is 1.02. The molecule has 1 heterocycles. The van der Waals surface area contributed by atoms with E-state index in [2.05, 4.69) is 41.2 Å². The molecule has 1 N–H and O–H groups in total. The van der Waals surface area contributed by atoms with Crippen molar-refractivity contribution in [2.75, 3.05) is 18.1 Å². The number of nitrogens with one attached hydrogen (secondary N) is 1. The molecule has 0 radical (unpaired) electrons. The minimum absolute atomic E-state index is 0.711. The average Bonchev–Trinajstić information content (AvgIpc) is 2.59. The molecule has 3 nitrogen and oxygen atoms in total.